The topological polar surface area (TPSA) is 106 Å². The van der Waals surface area contributed by atoms with Crippen molar-refractivity contribution < 1.29 is 15.0 Å². The Balaban J connectivity index is 4.37. The Bertz CT molecular complexity index is 165. The van der Waals surface area contributed by atoms with Gasteiger partial charge in [-0.3, -0.25) is 0 Å². The van der Waals surface area contributed by atoms with E-state index in [-0.39, 0.29) is 0 Å². The second-order valence-corrected chi connectivity index (χ2v) is 1.52. The first kappa shape index (κ1) is 7.74. The summed E-state index contributed by atoms with van der Waals surface area (Å²) in [5, 5.41) is 19.2. The number of carbonyl (C=O) groups is 1. The first-order valence-electron chi connectivity index (χ1n) is 2.02. The van der Waals surface area contributed by atoms with E-state index in [1.165, 1.54) is 0 Å². The predicted octanol–water partition coefficient (Wildman–Crippen LogP) is 0.0898. The van der Waals surface area contributed by atoms with Crippen molar-refractivity contribution in [2.75, 3.05) is 0 Å². The summed E-state index contributed by atoms with van der Waals surface area (Å²) in [5.74, 6) is -1.57. The van der Waals surface area contributed by atoms with Gasteiger partial charge in [0.2, 0.25) is 5.72 Å². The van der Waals surface area contributed by atoms with Crippen LogP contribution in [0.15, 0.2) is 5.11 Å². The fourth-order valence-electron chi connectivity index (χ4n) is 0.130. The molecule has 0 aromatic rings. The highest BCUT2D eigenvalue weighted by atomic mass is 16.4. The molecule has 0 aliphatic carbocycles. The van der Waals surface area contributed by atoms with E-state index in [1.54, 1.807) is 0 Å². The highest BCUT2D eigenvalue weighted by Crippen LogP contribution is 2.03. The Morgan fingerprint density at radius 3 is 2.44 bits per heavy atom. The van der Waals surface area contributed by atoms with Crippen molar-refractivity contribution in [2.45, 2.75) is 12.6 Å². The third-order valence-electron chi connectivity index (χ3n) is 0.645. The minimum atomic E-state index is -2.32. The summed E-state index contributed by atoms with van der Waals surface area (Å²) in [6, 6.07) is 0. The molecule has 0 saturated carbocycles. The van der Waals surface area contributed by atoms with Gasteiger partial charge in [0.05, 0.1) is 0 Å². The van der Waals surface area contributed by atoms with Gasteiger partial charge < -0.3 is 10.2 Å². The van der Waals surface area contributed by atoms with Crippen LogP contribution < -0.4 is 0 Å². The molecule has 0 fully saturated rings. The summed E-state index contributed by atoms with van der Waals surface area (Å²) in [6.07, 6.45) is 0. The van der Waals surface area contributed by atoms with E-state index in [0.29, 0.717) is 0 Å². The zero-order valence-electron chi connectivity index (χ0n) is 4.64. The number of hydrogen-bond donors (Lipinski definition) is 2. The number of azide groups is 1. The first-order chi connectivity index (χ1) is 4.00. The van der Waals surface area contributed by atoms with Gasteiger partial charge in [0, 0.05) is 4.91 Å². The van der Waals surface area contributed by atoms with Crippen LogP contribution in [0.4, 0.5) is 0 Å². The maximum absolute atomic E-state index is 9.90. The molecule has 2 N–H and O–H groups in total. The minimum absolute atomic E-state index is 0.884. The van der Waals surface area contributed by atoms with Gasteiger partial charge >= 0.3 is 5.97 Å². The molecule has 0 rings (SSSR count). The Morgan fingerprint density at radius 2 is 2.33 bits per heavy atom. The van der Waals surface area contributed by atoms with Gasteiger partial charge in [0.25, 0.3) is 0 Å². The van der Waals surface area contributed by atoms with Crippen LogP contribution in [0.1, 0.15) is 6.92 Å². The van der Waals surface area contributed by atoms with Crippen molar-refractivity contribution in [1.82, 2.24) is 0 Å². The molecule has 0 amide bonds. The Labute approximate surface area is 50.4 Å². The smallest absolute Gasteiger partial charge is 0.341 e. The van der Waals surface area contributed by atoms with Crippen LogP contribution in [0.2, 0.25) is 0 Å². The summed E-state index contributed by atoms with van der Waals surface area (Å²) in [4.78, 5) is 12.0. The summed E-state index contributed by atoms with van der Waals surface area (Å²) in [5.41, 5.74) is 5.36. The summed E-state index contributed by atoms with van der Waals surface area (Å²) in [7, 11) is 0. The predicted molar refractivity (Wildman–Crippen MR) is 27.4 cm³/mol. The number of nitrogens with zero attached hydrogens (tertiary/aromatic N) is 3. The molecule has 0 heterocycles. The fourth-order valence-corrected chi connectivity index (χ4v) is 0.130. The lowest BCUT2D eigenvalue weighted by Crippen LogP contribution is -2.31. The number of hydrogen-bond acceptors (Lipinski definition) is 3. The second kappa shape index (κ2) is 2.34. The summed E-state index contributed by atoms with van der Waals surface area (Å²) in [6.45, 7) is 0.884. The van der Waals surface area contributed by atoms with Gasteiger partial charge in [-0.25, -0.2) is 4.79 Å². The molecule has 1 atom stereocenters. The fraction of sp³-hybridized carbons (Fsp3) is 0.667. The molecular weight excluding hydrogens is 126 g/mol. The Hall–Kier alpha value is -1.26. The number of aliphatic carboxylic acids is 1. The molecule has 0 radical (unpaired) electrons. The van der Waals surface area contributed by atoms with E-state index in [4.69, 9.17) is 15.7 Å². The van der Waals surface area contributed by atoms with Crippen molar-refractivity contribution in [1.29, 1.82) is 0 Å². The van der Waals surface area contributed by atoms with Gasteiger partial charge in [-0.1, -0.05) is 0 Å². The standard InChI is InChI=1S/C3H5N3O3/c1-3(9,2(7)8)5-6-4/h9H,1H3,(H,7,8). The van der Waals surface area contributed by atoms with Crippen LogP contribution in [-0.2, 0) is 4.79 Å². The maximum Gasteiger partial charge on any atom is 0.341 e. The third-order valence-corrected chi connectivity index (χ3v) is 0.645. The molecule has 0 aliphatic heterocycles. The van der Waals surface area contributed by atoms with Crippen LogP contribution in [-0.4, -0.2) is 21.9 Å². The SMILES string of the molecule is CC(O)(N=[N+]=[N-])C(=O)O. The third kappa shape index (κ3) is 1.98. The van der Waals surface area contributed by atoms with Crippen LogP contribution in [0.25, 0.3) is 10.4 Å². The van der Waals surface area contributed by atoms with Gasteiger partial charge in [-0.15, -0.1) is 0 Å². The highest BCUT2D eigenvalue weighted by molar-refractivity contribution is 5.75. The molecular formula is C3H5N3O3. The molecule has 1 unspecified atom stereocenters. The summed E-state index contributed by atoms with van der Waals surface area (Å²) < 4.78 is 0. The molecule has 0 saturated heterocycles. The lowest BCUT2D eigenvalue weighted by Gasteiger charge is -2.07. The quantitative estimate of drug-likeness (QED) is 0.315. The van der Waals surface area contributed by atoms with Gasteiger partial charge in [0.15, 0.2) is 0 Å². The van der Waals surface area contributed by atoms with Crippen molar-refractivity contribution >= 4 is 5.97 Å². The molecule has 6 heteroatoms. The number of aliphatic hydroxyl groups is 1. The normalized spacial score (nSPS) is 15.3. The van der Waals surface area contributed by atoms with Crippen LogP contribution in [0.5, 0.6) is 0 Å². The van der Waals surface area contributed by atoms with E-state index >= 15 is 0 Å². The molecule has 0 aromatic heterocycles. The van der Waals surface area contributed by atoms with Gasteiger partial charge in [-0.2, -0.15) is 0 Å². The zero-order chi connectivity index (χ0) is 7.49. The lowest BCUT2D eigenvalue weighted by molar-refractivity contribution is -0.155. The van der Waals surface area contributed by atoms with Crippen molar-refractivity contribution in [3.05, 3.63) is 10.4 Å². The van der Waals surface area contributed by atoms with Crippen LogP contribution in [0, 0.1) is 0 Å². The number of carboxylic acid groups (broad SMARTS) is 1. The van der Waals surface area contributed by atoms with Gasteiger partial charge in [0.1, 0.15) is 0 Å². The van der Waals surface area contributed by atoms with Crippen molar-refractivity contribution in [2.24, 2.45) is 5.11 Å². The second-order valence-electron chi connectivity index (χ2n) is 1.52. The van der Waals surface area contributed by atoms with E-state index in [1.807, 2.05) is 0 Å². The average Bonchev–Trinajstić information content (AvgIpc) is 1.65. The maximum atomic E-state index is 9.90. The van der Waals surface area contributed by atoms with E-state index in [0.717, 1.165) is 6.92 Å². The molecule has 0 bridgehead atoms. The van der Waals surface area contributed by atoms with E-state index in [9.17, 15) is 4.79 Å². The molecule has 9 heavy (non-hydrogen) atoms. The van der Waals surface area contributed by atoms with Crippen LogP contribution in [0.3, 0.4) is 0 Å². The van der Waals surface area contributed by atoms with Crippen molar-refractivity contribution in [3.8, 4) is 0 Å². The number of carboxylic acids is 1. The lowest BCUT2D eigenvalue weighted by atomic mass is 10.3. The van der Waals surface area contributed by atoms with Crippen molar-refractivity contribution in [3.63, 3.8) is 0 Å². The monoisotopic (exact) mass is 131 g/mol. The molecule has 0 spiro atoms. The summed E-state index contributed by atoms with van der Waals surface area (Å²) >= 11 is 0. The first-order valence-corrected chi connectivity index (χ1v) is 2.02. The average molecular weight is 131 g/mol. The molecule has 6 nitrogen and oxygen atoms in total. The highest BCUT2D eigenvalue weighted by Gasteiger charge is 2.27. The largest absolute Gasteiger partial charge is 0.479 e. The van der Waals surface area contributed by atoms with Crippen LogP contribution >= 0.6 is 0 Å². The molecule has 50 valence electrons. The minimum Gasteiger partial charge on any atom is -0.479 e. The Morgan fingerprint density at radius 1 is 1.89 bits per heavy atom. The zero-order valence-corrected chi connectivity index (χ0v) is 4.64. The van der Waals surface area contributed by atoms with E-state index in [2.05, 4.69) is 10.0 Å². The molecule has 0 aliphatic rings. The number of rotatable bonds is 2. The van der Waals surface area contributed by atoms with E-state index < -0.39 is 11.7 Å². The van der Waals surface area contributed by atoms with Gasteiger partial charge in [-0.05, 0) is 17.6 Å². The Kier molecular flexibility index (Phi) is 2.01. The molecule has 0 aromatic carbocycles.